The summed E-state index contributed by atoms with van der Waals surface area (Å²) < 4.78 is 4.44. The number of esters is 1. The molecule has 0 radical (unpaired) electrons. The van der Waals surface area contributed by atoms with Gasteiger partial charge < -0.3 is 4.74 Å². The van der Waals surface area contributed by atoms with Crippen LogP contribution in [0.2, 0.25) is 0 Å². The Bertz CT molecular complexity index is 181. The summed E-state index contributed by atoms with van der Waals surface area (Å²) in [5.41, 5.74) is 0. The van der Waals surface area contributed by atoms with Crippen molar-refractivity contribution < 1.29 is 9.53 Å². The van der Waals surface area contributed by atoms with Gasteiger partial charge in [0.1, 0.15) is 0 Å². The van der Waals surface area contributed by atoms with Gasteiger partial charge in [0.2, 0.25) is 0 Å². The molecule has 0 N–H and O–H groups in total. The molecule has 0 aromatic carbocycles. The lowest BCUT2D eigenvalue weighted by Crippen LogP contribution is -1.92. The van der Waals surface area contributed by atoms with E-state index >= 15 is 0 Å². The maximum absolute atomic E-state index is 10.6. The second kappa shape index (κ2) is 9.04. The third kappa shape index (κ3) is 8.86. The van der Waals surface area contributed by atoms with Crippen LogP contribution in [-0.4, -0.2) is 13.1 Å². The summed E-state index contributed by atoms with van der Waals surface area (Å²) in [4.78, 5) is 10.6. The van der Waals surface area contributed by atoms with Gasteiger partial charge in [-0.1, -0.05) is 38.0 Å². The van der Waals surface area contributed by atoms with Crippen LogP contribution in [0.25, 0.3) is 0 Å². The number of rotatable bonds is 6. The van der Waals surface area contributed by atoms with Crippen molar-refractivity contribution in [3.05, 3.63) is 24.3 Å². The number of methoxy groups -OCH3 is 1. The summed E-state index contributed by atoms with van der Waals surface area (Å²) in [6.45, 7) is 2.18. The van der Waals surface area contributed by atoms with Crippen molar-refractivity contribution >= 4 is 5.97 Å². The number of carbonyl (C=O) groups excluding carboxylic acids is 1. The van der Waals surface area contributed by atoms with E-state index in [1.54, 1.807) is 6.08 Å². The molecule has 0 unspecified atom stereocenters. The van der Waals surface area contributed by atoms with E-state index in [4.69, 9.17) is 0 Å². The molecule has 0 atom stereocenters. The summed E-state index contributed by atoms with van der Waals surface area (Å²) in [5.74, 6) is -0.307. The van der Waals surface area contributed by atoms with E-state index in [2.05, 4.69) is 17.7 Å². The Hall–Kier alpha value is -1.05. The van der Waals surface area contributed by atoms with Gasteiger partial charge in [-0.25, -0.2) is 4.79 Å². The van der Waals surface area contributed by atoms with Crippen molar-refractivity contribution in [2.24, 2.45) is 0 Å². The molecule has 0 heterocycles. The second-order valence-corrected chi connectivity index (χ2v) is 2.81. The van der Waals surface area contributed by atoms with Gasteiger partial charge in [0.25, 0.3) is 0 Å². The molecular formula is C11H18O2. The third-order valence-electron chi connectivity index (χ3n) is 1.66. The molecule has 0 rings (SSSR count). The van der Waals surface area contributed by atoms with Gasteiger partial charge in [0, 0.05) is 6.08 Å². The SMILES string of the molecule is CCCCCC=C/C=C\C(=O)OC. The number of hydrogen-bond donors (Lipinski definition) is 0. The average Bonchev–Trinajstić information content (AvgIpc) is 2.16. The van der Waals surface area contributed by atoms with Gasteiger partial charge in [-0.2, -0.15) is 0 Å². The van der Waals surface area contributed by atoms with Crippen molar-refractivity contribution in [2.75, 3.05) is 7.11 Å². The molecule has 0 aliphatic rings. The molecule has 0 aromatic heterocycles. The first-order valence-corrected chi connectivity index (χ1v) is 4.72. The van der Waals surface area contributed by atoms with Gasteiger partial charge in [-0.05, 0) is 12.8 Å². The minimum absolute atomic E-state index is 0.307. The third-order valence-corrected chi connectivity index (χ3v) is 1.66. The summed E-state index contributed by atoms with van der Waals surface area (Å²) in [7, 11) is 1.37. The first-order chi connectivity index (χ1) is 6.31. The van der Waals surface area contributed by atoms with Crippen LogP contribution in [0, 0.1) is 0 Å². The van der Waals surface area contributed by atoms with E-state index in [-0.39, 0.29) is 5.97 Å². The van der Waals surface area contributed by atoms with Crippen LogP contribution in [0.15, 0.2) is 24.3 Å². The first-order valence-electron chi connectivity index (χ1n) is 4.72. The molecule has 0 aliphatic heterocycles. The van der Waals surface area contributed by atoms with E-state index in [9.17, 15) is 4.79 Å². The molecule has 2 nitrogen and oxygen atoms in total. The minimum Gasteiger partial charge on any atom is -0.466 e. The molecule has 0 aliphatic carbocycles. The van der Waals surface area contributed by atoms with E-state index in [0.29, 0.717) is 0 Å². The Morgan fingerprint density at radius 1 is 1.31 bits per heavy atom. The Balaban J connectivity index is 3.40. The van der Waals surface area contributed by atoms with Crippen LogP contribution in [0.1, 0.15) is 32.6 Å². The van der Waals surface area contributed by atoms with Crippen molar-refractivity contribution in [3.8, 4) is 0 Å². The van der Waals surface area contributed by atoms with Crippen molar-refractivity contribution in [1.82, 2.24) is 0 Å². The number of allylic oxidation sites excluding steroid dienone is 3. The fourth-order valence-electron chi connectivity index (χ4n) is 0.889. The summed E-state index contributed by atoms with van der Waals surface area (Å²) in [6, 6.07) is 0. The monoisotopic (exact) mass is 182 g/mol. The molecule has 0 fully saturated rings. The lowest BCUT2D eigenvalue weighted by atomic mass is 10.2. The van der Waals surface area contributed by atoms with Crippen molar-refractivity contribution in [2.45, 2.75) is 32.6 Å². The summed E-state index contributed by atoms with van der Waals surface area (Å²) in [6.07, 6.45) is 11.9. The number of carbonyl (C=O) groups is 1. The van der Waals surface area contributed by atoms with E-state index < -0.39 is 0 Å². The maximum atomic E-state index is 10.6. The zero-order chi connectivity index (χ0) is 9.94. The Kier molecular flexibility index (Phi) is 8.31. The highest BCUT2D eigenvalue weighted by Gasteiger charge is 1.86. The summed E-state index contributed by atoms with van der Waals surface area (Å²) >= 11 is 0. The van der Waals surface area contributed by atoms with Gasteiger partial charge in [-0.15, -0.1) is 0 Å². The van der Waals surface area contributed by atoms with Gasteiger partial charge in [-0.3, -0.25) is 0 Å². The second-order valence-electron chi connectivity index (χ2n) is 2.81. The Labute approximate surface area is 80.3 Å². The molecule has 74 valence electrons. The highest BCUT2D eigenvalue weighted by atomic mass is 16.5. The molecule has 0 bridgehead atoms. The highest BCUT2D eigenvalue weighted by Crippen LogP contribution is 1.99. The van der Waals surface area contributed by atoms with Crippen LogP contribution in [-0.2, 0) is 9.53 Å². The fourth-order valence-corrected chi connectivity index (χ4v) is 0.889. The Morgan fingerprint density at radius 2 is 2.08 bits per heavy atom. The van der Waals surface area contributed by atoms with E-state index in [1.165, 1.54) is 32.4 Å². The fraction of sp³-hybridized carbons (Fsp3) is 0.545. The predicted octanol–water partition coefficient (Wildman–Crippen LogP) is 2.85. The lowest BCUT2D eigenvalue weighted by Gasteiger charge is -1.90. The van der Waals surface area contributed by atoms with Crippen molar-refractivity contribution in [1.29, 1.82) is 0 Å². The largest absolute Gasteiger partial charge is 0.466 e. The first kappa shape index (κ1) is 11.9. The highest BCUT2D eigenvalue weighted by molar-refractivity contribution is 5.82. The zero-order valence-corrected chi connectivity index (χ0v) is 8.45. The van der Waals surface area contributed by atoms with Crippen LogP contribution in [0.5, 0.6) is 0 Å². The molecule has 0 saturated heterocycles. The smallest absolute Gasteiger partial charge is 0.330 e. The van der Waals surface area contributed by atoms with E-state index in [0.717, 1.165) is 6.42 Å². The number of hydrogen-bond acceptors (Lipinski definition) is 2. The van der Waals surface area contributed by atoms with Crippen LogP contribution < -0.4 is 0 Å². The van der Waals surface area contributed by atoms with Gasteiger partial charge in [0.05, 0.1) is 7.11 Å². The summed E-state index contributed by atoms with van der Waals surface area (Å²) in [5, 5.41) is 0. The maximum Gasteiger partial charge on any atom is 0.330 e. The zero-order valence-electron chi connectivity index (χ0n) is 8.45. The van der Waals surface area contributed by atoms with E-state index in [1.807, 2.05) is 6.08 Å². The van der Waals surface area contributed by atoms with Gasteiger partial charge in [0.15, 0.2) is 0 Å². The topological polar surface area (TPSA) is 26.3 Å². The molecule has 0 aromatic rings. The van der Waals surface area contributed by atoms with Gasteiger partial charge >= 0.3 is 5.97 Å². The predicted molar refractivity (Wildman–Crippen MR) is 54.4 cm³/mol. The van der Waals surface area contributed by atoms with Crippen LogP contribution in [0.4, 0.5) is 0 Å². The Morgan fingerprint density at radius 3 is 2.69 bits per heavy atom. The minimum atomic E-state index is -0.307. The standard InChI is InChI=1S/C11H18O2/c1-3-4-5-6-7-8-9-10-11(12)13-2/h7-10H,3-6H2,1-2H3/b8-7?,10-9-. The molecular weight excluding hydrogens is 164 g/mol. The number of ether oxygens (including phenoxy) is 1. The molecule has 0 saturated carbocycles. The average molecular weight is 182 g/mol. The molecule has 13 heavy (non-hydrogen) atoms. The number of unbranched alkanes of at least 4 members (excludes halogenated alkanes) is 3. The lowest BCUT2D eigenvalue weighted by molar-refractivity contribution is -0.134. The van der Waals surface area contributed by atoms with Crippen LogP contribution >= 0.6 is 0 Å². The molecule has 0 amide bonds. The molecule has 2 heteroatoms. The van der Waals surface area contributed by atoms with Crippen molar-refractivity contribution in [3.63, 3.8) is 0 Å². The van der Waals surface area contributed by atoms with Crippen LogP contribution in [0.3, 0.4) is 0 Å². The normalized spacial score (nSPS) is 11.2. The quantitative estimate of drug-likeness (QED) is 0.273. The molecule has 0 spiro atoms.